The quantitative estimate of drug-likeness (QED) is 0.918. The number of carbonyl (C=O) groups excluding carboxylic acids is 1. The van der Waals surface area contributed by atoms with Crippen molar-refractivity contribution in [3.05, 3.63) is 41.3 Å². The third kappa shape index (κ3) is 2.37. The average molecular weight is 280 g/mol. The zero-order chi connectivity index (χ0) is 13.2. The van der Waals surface area contributed by atoms with Crippen molar-refractivity contribution >= 4 is 23.2 Å². The molecule has 0 bridgehead atoms. The van der Waals surface area contributed by atoms with Crippen molar-refractivity contribution < 1.29 is 18.7 Å². The highest BCUT2D eigenvalue weighted by atomic mass is 35.5. The average Bonchev–Trinajstić information content (AvgIpc) is 2.93. The van der Waals surface area contributed by atoms with Gasteiger partial charge in [0.15, 0.2) is 11.5 Å². The number of amides is 1. The van der Waals surface area contributed by atoms with Crippen molar-refractivity contribution in [2.24, 2.45) is 0 Å². The minimum Gasteiger partial charge on any atom is -0.486 e. The first kappa shape index (κ1) is 11.9. The molecule has 98 valence electrons. The van der Waals surface area contributed by atoms with Crippen LogP contribution in [0, 0.1) is 0 Å². The molecule has 1 amide bonds. The first-order chi connectivity index (χ1) is 9.24. The monoisotopic (exact) mass is 279 g/mol. The van der Waals surface area contributed by atoms with E-state index in [4.69, 9.17) is 25.5 Å². The summed E-state index contributed by atoms with van der Waals surface area (Å²) in [5, 5.41) is 3.09. The van der Waals surface area contributed by atoms with Crippen LogP contribution in [0.2, 0.25) is 5.02 Å². The van der Waals surface area contributed by atoms with E-state index in [1.165, 1.54) is 12.5 Å². The molecule has 3 rings (SSSR count). The van der Waals surface area contributed by atoms with Crippen LogP contribution in [0.3, 0.4) is 0 Å². The predicted molar refractivity (Wildman–Crippen MR) is 69.1 cm³/mol. The SMILES string of the molecule is O=C(Nc1cc2c(cc1Cl)OCCO2)c1ccoc1. The fourth-order valence-electron chi connectivity index (χ4n) is 1.75. The molecule has 0 atom stereocenters. The molecular weight excluding hydrogens is 270 g/mol. The van der Waals surface area contributed by atoms with Gasteiger partial charge in [-0.2, -0.15) is 0 Å². The molecule has 0 unspecified atom stereocenters. The molecule has 19 heavy (non-hydrogen) atoms. The number of hydrogen-bond donors (Lipinski definition) is 1. The molecular formula is C13H10ClNO4. The van der Waals surface area contributed by atoms with Crippen LogP contribution in [0.5, 0.6) is 11.5 Å². The lowest BCUT2D eigenvalue weighted by molar-refractivity contribution is 0.102. The number of rotatable bonds is 2. The predicted octanol–water partition coefficient (Wildman–Crippen LogP) is 2.96. The molecule has 2 heterocycles. The first-order valence-corrected chi connectivity index (χ1v) is 6.04. The van der Waals surface area contributed by atoms with Crippen LogP contribution in [-0.2, 0) is 0 Å². The van der Waals surface area contributed by atoms with Gasteiger partial charge >= 0.3 is 0 Å². The number of fused-ring (bicyclic) bond motifs is 1. The van der Waals surface area contributed by atoms with E-state index < -0.39 is 0 Å². The van der Waals surface area contributed by atoms with Gasteiger partial charge in [0.1, 0.15) is 19.5 Å². The summed E-state index contributed by atoms with van der Waals surface area (Å²) in [5.74, 6) is 0.850. The molecule has 0 fully saturated rings. The molecule has 0 aliphatic carbocycles. The summed E-state index contributed by atoms with van der Waals surface area (Å²) in [7, 11) is 0. The number of ether oxygens (including phenoxy) is 2. The topological polar surface area (TPSA) is 60.7 Å². The largest absolute Gasteiger partial charge is 0.486 e. The number of halogens is 1. The smallest absolute Gasteiger partial charge is 0.258 e. The fourth-order valence-corrected chi connectivity index (χ4v) is 1.95. The van der Waals surface area contributed by atoms with E-state index in [0.29, 0.717) is 41.0 Å². The van der Waals surface area contributed by atoms with E-state index in [2.05, 4.69) is 5.32 Å². The van der Waals surface area contributed by atoms with E-state index in [1.54, 1.807) is 18.2 Å². The third-order valence-electron chi connectivity index (χ3n) is 2.66. The standard InChI is InChI=1S/C13H10ClNO4/c14-9-5-11-12(19-4-3-18-11)6-10(9)15-13(16)8-1-2-17-7-8/h1-2,5-7H,3-4H2,(H,15,16). The van der Waals surface area contributed by atoms with Gasteiger partial charge in [-0.1, -0.05) is 11.6 Å². The summed E-state index contributed by atoms with van der Waals surface area (Å²) in [6.45, 7) is 0.966. The molecule has 1 aromatic carbocycles. The molecule has 0 saturated carbocycles. The molecule has 0 saturated heterocycles. The highest BCUT2D eigenvalue weighted by molar-refractivity contribution is 6.34. The maximum absolute atomic E-state index is 11.9. The van der Waals surface area contributed by atoms with Crippen LogP contribution in [0.15, 0.2) is 35.1 Å². The minimum absolute atomic E-state index is 0.299. The van der Waals surface area contributed by atoms with Crippen LogP contribution in [0.1, 0.15) is 10.4 Å². The molecule has 0 spiro atoms. The Kier molecular flexibility index (Phi) is 3.05. The molecule has 1 aromatic heterocycles. The highest BCUT2D eigenvalue weighted by Crippen LogP contribution is 2.38. The van der Waals surface area contributed by atoms with Crippen molar-refractivity contribution in [1.29, 1.82) is 0 Å². The lowest BCUT2D eigenvalue weighted by atomic mass is 10.2. The second-order valence-electron chi connectivity index (χ2n) is 3.94. The molecule has 5 nitrogen and oxygen atoms in total. The number of hydrogen-bond acceptors (Lipinski definition) is 4. The van der Waals surface area contributed by atoms with Gasteiger partial charge in [-0.25, -0.2) is 0 Å². The second-order valence-corrected chi connectivity index (χ2v) is 4.35. The maximum atomic E-state index is 11.9. The molecule has 0 radical (unpaired) electrons. The van der Waals surface area contributed by atoms with Crippen molar-refractivity contribution in [2.75, 3.05) is 18.5 Å². The van der Waals surface area contributed by atoms with Crippen molar-refractivity contribution in [1.82, 2.24) is 0 Å². The van der Waals surface area contributed by atoms with Gasteiger partial charge < -0.3 is 19.2 Å². The Morgan fingerprint density at radius 1 is 1.21 bits per heavy atom. The Bertz CT molecular complexity index is 609. The van der Waals surface area contributed by atoms with E-state index in [-0.39, 0.29) is 5.91 Å². The Morgan fingerprint density at radius 2 is 1.95 bits per heavy atom. The molecule has 1 aliphatic rings. The Balaban J connectivity index is 1.87. The Labute approximate surface area is 114 Å². The van der Waals surface area contributed by atoms with E-state index >= 15 is 0 Å². The second kappa shape index (κ2) is 4.85. The molecule has 1 aliphatic heterocycles. The minimum atomic E-state index is -0.299. The summed E-state index contributed by atoms with van der Waals surface area (Å²) in [6.07, 6.45) is 2.79. The van der Waals surface area contributed by atoms with E-state index in [9.17, 15) is 4.79 Å². The molecule has 2 aromatic rings. The van der Waals surface area contributed by atoms with Crippen LogP contribution >= 0.6 is 11.6 Å². The van der Waals surface area contributed by atoms with Crippen molar-refractivity contribution in [2.45, 2.75) is 0 Å². The van der Waals surface area contributed by atoms with Gasteiger partial charge in [-0.05, 0) is 6.07 Å². The van der Waals surface area contributed by atoms with Crippen molar-refractivity contribution in [3.63, 3.8) is 0 Å². The van der Waals surface area contributed by atoms with Gasteiger partial charge in [-0.3, -0.25) is 4.79 Å². The van der Waals surface area contributed by atoms with Gasteiger partial charge in [-0.15, -0.1) is 0 Å². The first-order valence-electron chi connectivity index (χ1n) is 5.67. The summed E-state index contributed by atoms with van der Waals surface area (Å²) in [4.78, 5) is 11.9. The Morgan fingerprint density at radius 3 is 2.63 bits per heavy atom. The number of benzene rings is 1. The zero-order valence-electron chi connectivity index (χ0n) is 9.81. The van der Waals surface area contributed by atoms with Gasteiger partial charge in [0.2, 0.25) is 0 Å². The maximum Gasteiger partial charge on any atom is 0.258 e. The van der Waals surface area contributed by atoms with Crippen molar-refractivity contribution in [3.8, 4) is 11.5 Å². The van der Waals surface area contributed by atoms with E-state index in [0.717, 1.165) is 0 Å². The summed E-state index contributed by atoms with van der Waals surface area (Å²) in [6, 6.07) is 4.84. The summed E-state index contributed by atoms with van der Waals surface area (Å²) < 4.78 is 15.7. The number of furan rings is 1. The number of nitrogens with one attached hydrogen (secondary N) is 1. The number of carbonyl (C=O) groups is 1. The zero-order valence-corrected chi connectivity index (χ0v) is 10.6. The third-order valence-corrected chi connectivity index (χ3v) is 2.98. The Hall–Kier alpha value is -2.14. The van der Waals surface area contributed by atoms with Gasteiger partial charge in [0, 0.05) is 12.1 Å². The molecule has 1 N–H and O–H groups in total. The highest BCUT2D eigenvalue weighted by Gasteiger charge is 2.17. The summed E-state index contributed by atoms with van der Waals surface area (Å²) >= 11 is 6.09. The fraction of sp³-hybridized carbons (Fsp3) is 0.154. The van der Waals surface area contributed by atoms with Gasteiger partial charge in [0.05, 0.1) is 22.5 Å². The lowest BCUT2D eigenvalue weighted by Gasteiger charge is -2.19. The van der Waals surface area contributed by atoms with E-state index in [1.807, 2.05) is 0 Å². The normalized spacial score (nSPS) is 13.1. The van der Waals surface area contributed by atoms with Crippen LogP contribution < -0.4 is 14.8 Å². The van der Waals surface area contributed by atoms with Gasteiger partial charge in [0.25, 0.3) is 5.91 Å². The molecule has 6 heteroatoms. The van der Waals surface area contributed by atoms with Crippen LogP contribution in [-0.4, -0.2) is 19.1 Å². The van der Waals surface area contributed by atoms with Crippen LogP contribution in [0.25, 0.3) is 0 Å². The lowest BCUT2D eigenvalue weighted by Crippen LogP contribution is -2.16. The summed E-state index contributed by atoms with van der Waals surface area (Å²) in [5.41, 5.74) is 0.892. The number of anilines is 1. The van der Waals surface area contributed by atoms with Crippen LogP contribution in [0.4, 0.5) is 5.69 Å².